The minimum absolute atomic E-state index is 0.195. The zero-order valence-corrected chi connectivity index (χ0v) is 10.0. The molecular formula is C14H13NO4. The average Bonchev–Trinajstić information content (AvgIpc) is 2.40. The van der Waals surface area contributed by atoms with Gasteiger partial charge in [0.15, 0.2) is 0 Å². The Morgan fingerprint density at radius 2 is 1.63 bits per heavy atom. The third-order valence-electron chi connectivity index (χ3n) is 2.49. The molecule has 0 bridgehead atoms. The van der Waals surface area contributed by atoms with Gasteiger partial charge in [-0.25, -0.2) is 5.48 Å². The topological polar surface area (TPSA) is 78.8 Å². The highest BCUT2D eigenvalue weighted by atomic mass is 16.6. The molecule has 0 aliphatic carbocycles. The van der Waals surface area contributed by atoms with Crippen LogP contribution in [0.15, 0.2) is 48.5 Å². The van der Waals surface area contributed by atoms with Crippen molar-refractivity contribution in [2.24, 2.45) is 0 Å². The third kappa shape index (κ3) is 3.23. The van der Waals surface area contributed by atoms with Crippen molar-refractivity contribution in [1.29, 1.82) is 0 Å². The number of nitrogens with one attached hydrogen (secondary N) is 1. The van der Waals surface area contributed by atoms with Crippen molar-refractivity contribution in [3.05, 3.63) is 59.7 Å². The van der Waals surface area contributed by atoms with Crippen LogP contribution < -0.4 is 5.48 Å². The van der Waals surface area contributed by atoms with Crippen LogP contribution in [0.2, 0.25) is 0 Å². The van der Waals surface area contributed by atoms with Gasteiger partial charge in [-0.1, -0.05) is 36.4 Å². The number of hydrogen-bond donors (Lipinski definition) is 3. The minimum atomic E-state index is -0.702. The zero-order chi connectivity index (χ0) is 13.7. The van der Waals surface area contributed by atoms with Gasteiger partial charge in [0.2, 0.25) is 0 Å². The summed E-state index contributed by atoms with van der Waals surface area (Å²) in [5.74, 6) is -1.31. The first-order valence-corrected chi connectivity index (χ1v) is 5.65. The number of aromatic hydroxyl groups is 2. The van der Waals surface area contributed by atoms with Gasteiger partial charge >= 0.3 is 0 Å². The van der Waals surface area contributed by atoms with Crippen LogP contribution in [0.4, 0.5) is 0 Å². The fraction of sp³-hybridized carbons (Fsp3) is 0.0714. The van der Waals surface area contributed by atoms with Crippen molar-refractivity contribution in [3.63, 3.8) is 0 Å². The lowest BCUT2D eigenvalue weighted by molar-refractivity contribution is 0.0229. The quantitative estimate of drug-likeness (QED) is 0.733. The molecule has 0 atom stereocenters. The van der Waals surface area contributed by atoms with Gasteiger partial charge in [-0.05, 0) is 17.7 Å². The summed E-state index contributed by atoms with van der Waals surface area (Å²) in [6.07, 6.45) is 0. The Kier molecular flexibility index (Phi) is 4.00. The van der Waals surface area contributed by atoms with E-state index < -0.39 is 5.91 Å². The van der Waals surface area contributed by atoms with Gasteiger partial charge in [0.25, 0.3) is 5.91 Å². The van der Waals surface area contributed by atoms with Crippen LogP contribution in [0.3, 0.4) is 0 Å². The molecule has 2 aromatic rings. The first-order valence-electron chi connectivity index (χ1n) is 5.65. The van der Waals surface area contributed by atoms with E-state index in [4.69, 9.17) is 4.84 Å². The summed E-state index contributed by atoms with van der Waals surface area (Å²) in [7, 11) is 0. The van der Waals surface area contributed by atoms with Gasteiger partial charge in [-0.15, -0.1) is 0 Å². The SMILES string of the molecule is O=C(NOCc1ccccc1)c1c(O)cccc1O. The number of phenolic OH excluding ortho intramolecular Hbond substituents is 2. The van der Waals surface area contributed by atoms with Crippen molar-refractivity contribution < 1.29 is 19.8 Å². The van der Waals surface area contributed by atoms with E-state index in [1.807, 2.05) is 30.3 Å². The monoisotopic (exact) mass is 259 g/mol. The standard InChI is InChI=1S/C14H13NO4/c16-11-7-4-8-12(17)13(11)14(18)15-19-9-10-5-2-1-3-6-10/h1-8,16-17H,9H2,(H,15,18). The van der Waals surface area contributed by atoms with Crippen LogP contribution in [0, 0.1) is 0 Å². The molecule has 2 rings (SSSR count). The Morgan fingerprint density at radius 3 is 2.26 bits per heavy atom. The Balaban J connectivity index is 1.95. The number of carbonyl (C=O) groups excluding carboxylic acids is 1. The van der Waals surface area contributed by atoms with Gasteiger partial charge in [0.05, 0.1) is 6.61 Å². The Hall–Kier alpha value is -2.53. The number of hydrogen-bond acceptors (Lipinski definition) is 4. The summed E-state index contributed by atoms with van der Waals surface area (Å²) in [5, 5.41) is 19.0. The largest absolute Gasteiger partial charge is 0.507 e. The van der Waals surface area contributed by atoms with E-state index >= 15 is 0 Å². The van der Waals surface area contributed by atoms with E-state index in [0.29, 0.717) is 0 Å². The van der Waals surface area contributed by atoms with Crippen molar-refractivity contribution in [1.82, 2.24) is 5.48 Å². The summed E-state index contributed by atoms with van der Waals surface area (Å²) in [6.45, 7) is 0.195. The number of hydroxylamine groups is 1. The van der Waals surface area contributed by atoms with Gasteiger partial charge < -0.3 is 10.2 Å². The van der Waals surface area contributed by atoms with E-state index in [0.717, 1.165) is 5.56 Å². The number of benzene rings is 2. The van der Waals surface area contributed by atoms with Gasteiger partial charge in [0.1, 0.15) is 17.1 Å². The highest BCUT2D eigenvalue weighted by Gasteiger charge is 2.15. The lowest BCUT2D eigenvalue weighted by Crippen LogP contribution is -2.23. The first-order chi connectivity index (χ1) is 9.18. The summed E-state index contributed by atoms with van der Waals surface area (Å²) in [6, 6.07) is 13.4. The van der Waals surface area contributed by atoms with Gasteiger partial charge in [-0.3, -0.25) is 9.63 Å². The lowest BCUT2D eigenvalue weighted by atomic mass is 10.1. The fourth-order valence-corrected chi connectivity index (χ4v) is 1.57. The third-order valence-corrected chi connectivity index (χ3v) is 2.49. The van der Waals surface area contributed by atoms with Crippen molar-refractivity contribution >= 4 is 5.91 Å². The van der Waals surface area contributed by atoms with Crippen LogP contribution in [-0.2, 0) is 11.4 Å². The van der Waals surface area contributed by atoms with Crippen molar-refractivity contribution in [3.8, 4) is 11.5 Å². The summed E-state index contributed by atoms with van der Waals surface area (Å²) in [5.41, 5.74) is 2.85. The minimum Gasteiger partial charge on any atom is -0.507 e. The summed E-state index contributed by atoms with van der Waals surface area (Å²) < 4.78 is 0. The van der Waals surface area contributed by atoms with Crippen LogP contribution in [0.25, 0.3) is 0 Å². The molecule has 1 amide bonds. The van der Waals surface area contributed by atoms with Crippen LogP contribution in [-0.4, -0.2) is 16.1 Å². The summed E-state index contributed by atoms with van der Waals surface area (Å²) in [4.78, 5) is 16.7. The van der Waals surface area contributed by atoms with Gasteiger partial charge in [0, 0.05) is 0 Å². The molecule has 0 saturated carbocycles. The van der Waals surface area contributed by atoms with E-state index in [2.05, 4.69) is 5.48 Å². The van der Waals surface area contributed by atoms with Crippen molar-refractivity contribution in [2.45, 2.75) is 6.61 Å². The zero-order valence-electron chi connectivity index (χ0n) is 10.0. The molecule has 0 unspecified atom stereocenters. The molecule has 0 fully saturated rings. The molecule has 0 spiro atoms. The van der Waals surface area contributed by atoms with Crippen LogP contribution in [0.1, 0.15) is 15.9 Å². The maximum absolute atomic E-state index is 11.7. The predicted octanol–water partition coefficient (Wildman–Crippen LogP) is 1.96. The lowest BCUT2D eigenvalue weighted by Gasteiger charge is -2.08. The molecule has 0 aliphatic heterocycles. The highest BCUT2D eigenvalue weighted by molar-refractivity contribution is 5.98. The van der Waals surface area contributed by atoms with E-state index in [-0.39, 0.29) is 23.7 Å². The number of rotatable bonds is 4. The second kappa shape index (κ2) is 5.88. The second-order valence-corrected chi connectivity index (χ2v) is 3.88. The molecule has 0 aromatic heterocycles. The Labute approximate surface area is 110 Å². The van der Waals surface area contributed by atoms with Crippen molar-refractivity contribution in [2.75, 3.05) is 0 Å². The first kappa shape index (κ1) is 12.9. The Morgan fingerprint density at radius 1 is 1.00 bits per heavy atom. The second-order valence-electron chi connectivity index (χ2n) is 3.88. The molecule has 98 valence electrons. The number of amides is 1. The molecule has 19 heavy (non-hydrogen) atoms. The Bertz CT molecular complexity index is 549. The van der Waals surface area contributed by atoms with E-state index in [1.54, 1.807) is 0 Å². The smallest absolute Gasteiger partial charge is 0.282 e. The normalized spacial score (nSPS) is 10.1. The maximum atomic E-state index is 11.7. The van der Waals surface area contributed by atoms with Crippen LogP contribution >= 0.6 is 0 Å². The van der Waals surface area contributed by atoms with E-state index in [1.165, 1.54) is 18.2 Å². The number of phenols is 2. The number of carbonyl (C=O) groups is 1. The predicted molar refractivity (Wildman–Crippen MR) is 68.5 cm³/mol. The molecular weight excluding hydrogens is 246 g/mol. The average molecular weight is 259 g/mol. The molecule has 0 radical (unpaired) electrons. The molecule has 5 nitrogen and oxygen atoms in total. The fourth-order valence-electron chi connectivity index (χ4n) is 1.57. The molecule has 0 heterocycles. The van der Waals surface area contributed by atoms with E-state index in [9.17, 15) is 15.0 Å². The highest BCUT2D eigenvalue weighted by Crippen LogP contribution is 2.25. The molecule has 3 N–H and O–H groups in total. The molecule has 0 saturated heterocycles. The molecule has 2 aromatic carbocycles. The maximum Gasteiger partial charge on any atom is 0.282 e. The van der Waals surface area contributed by atoms with Gasteiger partial charge in [-0.2, -0.15) is 0 Å². The summed E-state index contributed by atoms with van der Waals surface area (Å²) >= 11 is 0. The van der Waals surface area contributed by atoms with Crippen LogP contribution in [0.5, 0.6) is 11.5 Å². The molecule has 5 heteroatoms. The molecule has 0 aliphatic rings.